The Balaban J connectivity index is 1.37. The van der Waals surface area contributed by atoms with Crippen LogP contribution in [0.25, 0.3) is 0 Å². The lowest BCUT2D eigenvalue weighted by molar-refractivity contribution is -0.141. The third-order valence-corrected chi connectivity index (χ3v) is 10.2. The van der Waals surface area contributed by atoms with E-state index in [9.17, 15) is 22.8 Å². The van der Waals surface area contributed by atoms with Gasteiger partial charge in [0.1, 0.15) is 10.9 Å². The second-order valence-corrected chi connectivity index (χ2v) is 13.4. The molecule has 5 rings (SSSR count). The lowest BCUT2D eigenvalue weighted by atomic mass is 9.94. The number of halogens is 1. The van der Waals surface area contributed by atoms with Crippen molar-refractivity contribution < 1.29 is 22.8 Å². The van der Waals surface area contributed by atoms with Gasteiger partial charge >= 0.3 is 0 Å². The Morgan fingerprint density at radius 3 is 2.35 bits per heavy atom. The number of nitrogens with zero attached hydrogens (tertiary/aromatic N) is 2. The lowest BCUT2D eigenvalue weighted by Crippen LogP contribution is -2.52. The van der Waals surface area contributed by atoms with Crippen LogP contribution >= 0.6 is 11.6 Å². The van der Waals surface area contributed by atoms with Gasteiger partial charge in [-0.3, -0.25) is 14.4 Å². The van der Waals surface area contributed by atoms with Crippen LogP contribution in [0.1, 0.15) is 66.4 Å². The summed E-state index contributed by atoms with van der Waals surface area (Å²) in [6.45, 7) is 0.0194. The van der Waals surface area contributed by atoms with Gasteiger partial charge in [-0.25, -0.2) is 12.7 Å². The number of rotatable bonds is 11. The van der Waals surface area contributed by atoms with Gasteiger partial charge in [-0.2, -0.15) is 0 Å². The number of hydrogen-bond acceptors (Lipinski definition) is 5. The average molecular weight is 622 g/mol. The number of nitrogens with one attached hydrogen (secondary N) is 1. The highest BCUT2D eigenvalue weighted by Crippen LogP contribution is 2.30. The maximum absolute atomic E-state index is 14.0. The van der Waals surface area contributed by atoms with Crippen molar-refractivity contribution in [2.24, 2.45) is 0 Å². The molecule has 226 valence electrons. The average Bonchev–Trinajstić information content (AvgIpc) is 3.20. The molecule has 1 heterocycles. The fraction of sp³-hybridized carbons (Fsp3) is 0.364. The molecule has 1 N–H and O–H groups in total. The van der Waals surface area contributed by atoms with Crippen LogP contribution in [0.4, 0.5) is 0 Å². The van der Waals surface area contributed by atoms with Crippen LogP contribution in [0, 0.1) is 0 Å². The summed E-state index contributed by atoms with van der Waals surface area (Å²) in [5.41, 5.74) is 1.83. The van der Waals surface area contributed by atoms with Crippen LogP contribution in [-0.2, 0) is 32.6 Å². The van der Waals surface area contributed by atoms with Crippen LogP contribution in [0.3, 0.4) is 0 Å². The Morgan fingerprint density at radius 1 is 0.930 bits per heavy atom. The SMILES string of the molecule is O=C(NC1CCCCC1)[C@H](Cc1ccccc1)N(Cc1cccc(Cl)c1)C(=O)CCCN1C(=O)c2ccccc2S1(=O)=O. The van der Waals surface area contributed by atoms with E-state index in [1.54, 1.807) is 35.2 Å². The predicted molar refractivity (Wildman–Crippen MR) is 165 cm³/mol. The lowest BCUT2D eigenvalue weighted by Gasteiger charge is -2.33. The predicted octanol–water partition coefficient (Wildman–Crippen LogP) is 5.35. The van der Waals surface area contributed by atoms with Gasteiger partial charge < -0.3 is 10.2 Å². The monoisotopic (exact) mass is 621 g/mol. The normalized spacial score (nSPS) is 16.9. The zero-order valence-electron chi connectivity index (χ0n) is 24.0. The highest BCUT2D eigenvalue weighted by Gasteiger charge is 2.40. The Kier molecular flexibility index (Phi) is 9.82. The summed E-state index contributed by atoms with van der Waals surface area (Å²) in [6, 6.07) is 22.1. The molecule has 2 aliphatic rings. The molecule has 10 heteroatoms. The first kappa shape index (κ1) is 30.8. The Hall–Kier alpha value is -3.69. The number of amides is 3. The van der Waals surface area contributed by atoms with Gasteiger partial charge in [-0.1, -0.05) is 85.5 Å². The summed E-state index contributed by atoms with van der Waals surface area (Å²) in [6.07, 6.45) is 5.48. The van der Waals surface area contributed by atoms with Gasteiger partial charge in [0.05, 0.1) is 5.56 Å². The molecular weight excluding hydrogens is 586 g/mol. The first-order valence-electron chi connectivity index (χ1n) is 14.8. The van der Waals surface area contributed by atoms with Crippen LogP contribution in [0.15, 0.2) is 83.8 Å². The van der Waals surface area contributed by atoms with E-state index < -0.39 is 22.0 Å². The molecule has 3 amide bonds. The van der Waals surface area contributed by atoms with E-state index in [0.717, 1.165) is 47.5 Å². The minimum atomic E-state index is -3.97. The first-order valence-corrected chi connectivity index (χ1v) is 16.6. The van der Waals surface area contributed by atoms with Crippen molar-refractivity contribution >= 4 is 39.3 Å². The first-order chi connectivity index (χ1) is 20.7. The zero-order valence-corrected chi connectivity index (χ0v) is 25.5. The van der Waals surface area contributed by atoms with Gasteiger partial charge in [0.25, 0.3) is 15.9 Å². The number of benzene rings is 3. The van der Waals surface area contributed by atoms with Gasteiger partial charge in [-0.05, 0) is 54.7 Å². The second-order valence-electron chi connectivity index (χ2n) is 11.2. The molecule has 1 atom stereocenters. The van der Waals surface area contributed by atoms with E-state index in [-0.39, 0.29) is 54.2 Å². The van der Waals surface area contributed by atoms with Crippen molar-refractivity contribution in [3.8, 4) is 0 Å². The van der Waals surface area contributed by atoms with Crippen molar-refractivity contribution in [1.29, 1.82) is 0 Å². The smallest absolute Gasteiger partial charge is 0.269 e. The molecule has 1 aliphatic carbocycles. The molecule has 3 aromatic rings. The van der Waals surface area contributed by atoms with Gasteiger partial charge in [0.15, 0.2) is 0 Å². The number of carbonyl (C=O) groups is 3. The van der Waals surface area contributed by atoms with Crippen molar-refractivity contribution in [2.45, 2.75) is 74.9 Å². The third kappa shape index (κ3) is 7.28. The molecule has 0 saturated heterocycles. The molecule has 0 radical (unpaired) electrons. The van der Waals surface area contributed by atoms with Crippen molar-refractivity contribution in [3.63, 3.8) is 0 Å². The fourth-order valence-corrected chi connectivity index (χ4v) is 7.72. The van der Waals surface area contributed by atoms with Crippen LogP contribution < -0.4 is 5.32 Å². The summed E-state index contributed by atoms with van der Waals surface area (Å²) >= 11 is 6.27. The molecule has 1 fully saturated rings. The van der Waals surface area contributed by atoms with E-state index in [2.05, 4.69) is 5.32 Å². The molecule has 8 nitrogen and oxygen atoms in total. The summed E-state index contributed by atoms with van der Waals surface area (Å²) in [5.74, 6) is -1.10. The molecule has 1 saturated carbocycles. The molecular formula is C33H36ClN3O5S. The zero-order chi connectivity index (χ0) is 30.4. The van der Waals surface area contributed by atoms with E-state index in [4.69, 9.17) is 11.6 Å². The van der Waals surface area contributed by atoms with Crippen LogP contribution in [0.2, 0.25) is 5.02 Å². The standard InChI is InChI=1S/C33H36ClN3O5S/c34-26-14-9-13-25(21-26)23-36(29(22-24-11-3-1-4-12-24)32(39)35-27-15-5-2-6-16-27)31(38)19-10-20-37-33(40)28-17-7-8-18-30(28)43(37,41)42/h1,3-4,7-9,11-14,17-18,21,27,29H,2,5-6,10,15-16,19-20,22-23H2,(H,35,39)/t29-/m0/s1. The van der Waals surface area contributed by atoms with Crippen LogP contribution in [-0.4, -0.2) is 54.0 Å². The van der Waals surface area contributed by atoms with Crippen molar-refractivity contribution in [1.82, 2.24) is 14.5 Å². The minimum absolute atomic E-state index is 0.0174. The Labute approximate surface area is 258 Å². The topological polar surface area (TPSA) is 104 Å². The Morgan fingerprint density at radius 2 is 1.63 bits per heavy atom. The molecule has 0 unspecified atom stereocenters. The third-order valence-electron chi connectivity index (χ3n) is 8.13. The van der Waals surface area contributed by atoms with E-state index in [0.29, 0.717) is 11.4 Å². The molecule has 43 heavy (non-hydrogen) atoms. The molecule has 0 bridgehead atoms. The van der Waals surface area contributed by atoms with E-state index >= 15 is 0 Å². The van der Waals surface area contributed by atoms with E-state index in [1.807, 2.05) is 36.4 Å². The van der Waals surface area contributed by atoms with Gasteiger partial charge in [0, 0.05) is 37.0 Å². The second kappa shape index (κ2) is 13.7. The van der Waals surface area contributed by atoms with Crippen molar-refractivity contribution in [3.05, 3.63) is 101 Å². The molecule has 0 spiro atoms. The molecule has 0 aromatic heterocycles. The maximum atomic E-state index is 14.0. The number of sulfonamides is 1. The number of carbonyl (C=O) groups excluding carboxylic acids is 3. The summed E-state index contributed by atoms with van der Waals surface area (Å²) < 4.78 is 26.9. The maximum Gasteiger partial charge on any atom is 0.269 e. The summed E-state index contributed by atoms with van der Waals surface area (Å²) in [4.78, 5) is 42.3. The quantitative estimate of drug-likeness (QED) is 0.311. The highest BCUT2D eigenvalue weighted by atomic mass is 35.5. The van der Waals surface area contributed by atoms with Gasteiger partial charge in [-0.15, -0.1) is 0 Å². The molecule has 3 aromatic carbocycles. The van der Waals surface area contributed by atoms with Crippen LogP contribution in [0.5, 0.6) is 0 Å². The van der Waals surface area contributed by atoms with Gasteiger partial charge in [0.2, 0.25) is 11.8 Å². The summed E-state index contributed by atoms with van der Waals surface area (Å²) in [5, 5.41) is 3.73. The highest BCUT2D eigenvalue weighted by molar-refractivity contribution is 7.90. The van der Waals surface area contributed by atoms with Crippen molar-refractivity contribution in [2.75, 3.05) is 6.54 Å². The largest absolute Gasteiger partial charge is 0.352 e. The van der Waals surface area contributed by atoms with E-state index in [1.165, 1.54) is 12.1 Å². The minimum Gasteiger partial charge on any atom is -0.352 e. The fourth-order valence-electron chi connectivity index (χ4n) is 5.90. The summed E-state index contributed by atoms with van der Waals surface area (Å²) in [7, 11) is -3.97. The molecule has 1 aliphatic heterocycles. The number of fused-ring (bicyclic) bond motifs is 1. The Bertz CT molecular complexity index is 1570. The number of hydrogen-bond donors (Lipinski definition) is 1.